The Morgan fingerprint density at radius 2 is 2.00 bits per heavy atom. The maximum absolute atomic E-state index is 12.9. The van der Waals surface area contributed by atoms with Crippen molar-refractivity contribution in [1.82, 2.24) is 0 Å². The monoisotopic (exact) mass is 283 g/mol. The minimum atomic E-state index is -4.37. The Bertz CT molecular complexity index is 416. The number of hydrogen-bond donors (Lipinski definition) is 1. The molecule has 0 saturated heterocycles. The first-order chi connectivity index (χ1) is 8.28. The summed E-state index contributed by atoms with van der Waals surface area (Å²) in [4.78, 5) is 11.3. The second-order valence-corrected chi connectivity index (χ2v) is 4.36. The zero-order chi connectivity index (χ0) is 13.8. The zero-order valence-corrected chi connectivity index (χ0v) is 9.78. The first-order valence-electron chi connectivity index (χ1n) is 4.72. The molecular weight excluding hydrogens is 274 g/mol. The summed E-state index contributed by atoms with van der Waals surface area (Å²) in [6.45, 7) is -0.417. The molecule has 0 heterocycles. The SMILES string of the molecule is Nc1cc(F)cc(C(=O)OCCSC(F)(F)F)c1. The molecule has 1 aromatic carbocycles. The highest BCUT2D eigenvalue weighted by Gasteiger charge is 2.27. The van der Waals surface area contributed by atoms with E-state index in [9.17, 15) is 22.4 Å². The lowest BCUT2D eigenvalue weighted by atomic mass is 10.2. The van der Waals surface area contributed by atoms with Gasteiger partial charge < -0.3 is 10.5 Å². The highest BCUT2D eigenvalue weighted by atomic mass is 32.2. The van der Waals surface area contributed by atoms with Crippen molar-refractivity contribution in [2.45, 2.75) is 5.51 Å². The van der Waals surface area contributed by atoms with Gasteiger partial charge in [-0.2, -0.15) is 13.2 Å². The van der Waals surface area contributed by atoms with Crippen LogP contribution in [-0.4, -0.2) is 23.8 Å². The second kappa shape index (κ2) is 5.94. The van der Waals surface area contributed by atoms with Gasteiger partial charge >= 0.3 is 11.5 Å². The van der Waals surface area contributed by atoms with Crippen LogP contribution < -0.4 is 5.73 Å². The maximum atomic E-state index is 12.9. The van der Waals surface area contributed by atoms with Crippen molar-refractivity contribution in [2.75, 3.05) is 18.1 Å². The standard InChI is InChI=1S/C10H9F4NO2S/c11-7-3-6(4-8(15)5-7)9(16)17-1-2-18-10(12,13)14/h3-5H,1-2,15H2. The van der Waals surface area contributed by atoms with Crippen molar-refractivity contribution < 1.29 is 27.1 Å². The molecule has 8 heteroatoms. The van der Waals surface area contributed by atoms with Crippen molar-refractivity contribution in [3.05, 3.63) is 29.6 Å². The van der Waals surface area contributed by atoms with Crippen molar-refractivity contribution in [3.8, 4) is 0 Å². The van der Waals surface area contributed by atoms with Gasteiger partial charge in [-0.3, -0.25) is 0 Å². The molecule has 0 radical (unpaired) electrons. The number of carbonyl (C=O) groups excluding carboxylic acids is 1. The summed E-state index contributed by atoms with van der Waals surface area (Å²) in [5.74, 6) is -2.05. The molecule has 0 amide bonds. The molecule has 1 aromatic rings. The first kappa shape index (κ1) is 14.6. The number of carbonyl (C=O) groups is 1. The van der Waals surface area contributed by atoms with Gasteiger partial charge in [0, 0.05) is 11.4 Å². The molecule has 0 saturated carbocycles. The van der Waals surface area contributed by atoms with Crippen molar-refractivity contribution in [1.29, 1.82) is 0 Å². The maximum Gasteiger partial charge on any atom is 0.441 e. The molecule has 18 heavy (non-hydrogen) atoms. The molecule has 0 aliphatic carbocycles. The van der Waals surface area contributed by atoms with Crippen LogP contribution in [0.15, 0.2) is 18.2 Å². The number of halogens is 4. The van der Waals surface area contributed by atoms with Gasteiger partial charge in [-0.15, -0.1) is 0 Å². The second-order valence-electron chi connectivity index (χ2n) is 3.20. The topological polar surface area (TPSA) is 52.3 Å². The Kier molecular flexibility index (Phi) is 4.83. The van der Waals surface area contributed by atoms with Gasteiger partial charge in [0.15, 0.2) is 0 Å². The molecule has 3 nitrogen and oxygen atoms in total. The van der Waals surface area contributed by atoms with E-state index in [4.69, 9.17) is 5.73 Å². The van der Waals surface area contributed by atoms with Crippen molar-refractivity contribution in [3.63, 3.8) is 0 Å². The third-order valence-corrected chi connectivity index (χ3v) is 2.44. The average molecular weight is 283 g/mol. The summed E-state index contributed by atoms with van der Waals surface area (Å²) < 4.78 is 52.7. The Morgan fingerprint density at radius 1 is 1.33 bits per heavy atom. The van der Waals surface area contributed by atoms with Crippen molar-refractivity contribution >= 4 is 23.4 Å². The normalized spacial score (nSPS) is 11.3. The van der Waals surface area contributed by atoms with Crippen LogP contribution in [0.4, 0.5) is 23.2 Å². The molecule has 0 spiro atoms. The molecule has 2 N–H and O–H groups in total. The summed E-state index contributed by atoms with van der Waals surface area (Å²) in [6.07, 6.45) is 0. The van der Waals surface area contributed by atoms with E-state index in [0.717, 1.165) is 12.1 Å². The number of anilines is 1. The summed E-state index contributed by atoms with van der Waals surface area (Å²) in [5, 5.41) is 0. The quantitative estimate of drug-likeness (QED) is 0.399. The minimum absolute atomic E-state index is 0.0339. The minimum Gasteiger partial charge on any atom is -0.461 e. The number of nitrogen functional groups attached to an aromatic ring is 1. The highest BCUT2D eigenvalue weighted by Crippen LogP contribution is 2.29. The fraction of sp³-hybridized carbons (Fsp3) is 0.300. The molecule has 1 rings (SSSR count). The zero-order valence-electron chi connectivity index (χ0n) is 8.96. The lowest BCUT2D eigenvalue weighted by Gasteiger charge is -2.07. The van der Waals surface area contributed by atoms with Gasteiger partial charge in [0.1, 0.15) is 12.4 Å². The van der Waals surface area contributed by atoms with E-state index in [0.29, 0.717) is 0 Å². The number of alkyl halides is 3. The number of nitrogens with two attached hydrogens (primary N) is 1. The number of esters is 1. The third kappa shape index (κ3) is 5.26. The lowest BCUT2D eigenvalue weighted by Crippen LogP contribution is -2.11. The Balaban J connectivity index is 2.46. The number of rotatable bonds is 4. The van der Waals surface area contributed by atoms with Gasteiger partial charge in [-0.1, -0.05) is 0 Å². The summed E-state index contributed by atoms with van der Waals surface area (Å²) in [5.41, 5.74) is 0.842. The van der Waals surface area contributed by atoms with Gasteiger partial charge in [-0.25, -0.2) is 9.18 Å². The number of thioether (sulfide) groups is 1. The van der Waals surface area contributed by atoms with Crippen LogP contribution in [0.3, 0.4) is 0 Å². The molecule has 0 fully saturated rings. The van der Waals surface area contributed by atoms with Crippen molar-refractivity contribution in [2.24, 2.45) is 0 Å². The Labute approximate surface area is 104 Å². The van der Waals surface area contributed by atoms with Gasteiger partial charge in [0.25, 0.3) is 0 Å². The van der Waals surface area contributed by atoms with Crippen LogP contribution in [-0.2, 0) is 4.74 Å². The highest BCUT2D eigenvalue weighted by molar-refractivity contribution is 8.00. The first-order valence-corrected chi connectivity index (χ1v) is 5.70. The fourth-order valence-electron chi connectivity index (χ4n) is 1.11. The predicted octanol–water partition coefficient (Wildman–Crippen LogP) is 2.82. The summed E-state index contributed by atoms with van der Waals surface area (Å²) in [6, 6.07) is 3.09. The van der Waals surface area contributed by atoms with E-state index >= 15 is 0 Å². The van der Waals surface area contributed by atoms with E-state index in [1.165, 1.54) is 6.07 Å². The van der Waals surface area contributed by atoms with Gasteiger partial charge in [-0.05, 0) is 30.0 Å². The summed E-state index contributed by atoms with van der Waals surface area (Å²) in [7, 11) is 0. The van der Waals surface area contributed by atoms with Crippen LogP contribution in [0.5, 0.6) is 0 Å². The molecule has 100 valence electrons. The van der Waals surface area contributed by atoms with E-state index in [2.05, 4.69) is 4.74 Å². The molecule has 0 unspecified atom stereocenters. The van der Waals surface area contributed by atoms with Crippen LogP contribution in [0.1, 0.15) is 10.4 Å². The molecule has 0 aromatic heterocycles. The third-order valence-electron chi connectivity index (χ3n) is 1.74. The smallest absolute Gasteiger partial charge is 0.441 e. The lowest BCUT2D eigenvalue weighted by molar-refractivity contribution is -0.0331. The molecule has 0 aliphatic heterocycles. The molecule has 0 atom stereocenters. The predicted molar refractivity (Wildman–Crippen MR) is 59.6 cm³/mol. The molecule has 0 aliphatic rings. The van der Waals surface area contributed by atoms with E-state index in [1.807, 2.05) is 0 Å². The van der Waals surface area contributed by atoms with Crippen LogP contribution >= 0.6 is 11.8 Å². The van der Waals surface area contributed by atoms with E-state index in [1.54, 1.807) is 0 Å². The van der Waals surface area contributed by atoms with E-state index in [-0.39, 0.29) is 23.0 Å². The average Bonchev–Trinajstić information content (AvgIpc) is 2.21. The van der Waals surface area contributed by atoms with Crippen LogP contribution in [0, 0.1) is 5.82 Å². The largest absolute Gasteiger partial charge is 0.461 e. The number of ether oxygens (including phenoxy) is 1. The van der Waals surface area contributed by atoms with Gasteiger partial charge in [0.2, 0.25) is 0 Å². The molecular formula is C10H9F4NO2S. The number of benzene rings is 1. The van der Waals surface area contributed by atoms with Gasteiger partial charge in [0.05, 0.1) is 5.56 Å². The fourth-order valence-corrected chi connectivity index (χ4v) is 1.50. The Morgan fingerprint density at radius 3 is 2.56 bits per heavy atom. The molecule has 0 bridgehead atoms. The van der Waals surface area contributed by atoms with E-state index < -0.39 is 29.7 Å². The van der Waals surface area contributed by atoms with Crippen LogP contribution in [0.25, 0.3) is 0 Å². The number of hydrogen-bond acceptors (Lipinski definition) is 4. The van der Waals surface area contributed by atoms with Crippen LogP contribution in [0.2, 0.25) is 0 Å². The Hall–Kier alpha value is -1.44. The summed E-state index contributed by atoms with van der Waals surface area (Å²) >= 11 is -0.299.